The molecule has 0 aliphatic heterocycles. The first-order valence-electron chi connectivity index (χ1n) is 3.89. The van der Waals surface area contributed by atoms with Crippen molar-refractivity contribution in [3.05, 3.63) is 10.8 Å². The van der Waals surface area contributed by atoms with Crippen LogP contribution >= 0.6 is 12.4 Å². The van der Waals surface area contributed by atoms with Crippen LogP contribution in [0.25, 0.3) is 0 Å². The molecular weight excluding hydrogens is 174 g/mol. The summed E-state index contributed by atoms with van der Waals surface area (Å²) in [6, 6.07) is 0. The molecule has 0 saturated heterocycles. The quantitative estimate of drug-likeness (QED) is 0.666. The molecule has 1 aliphatic rings. The number of nitrogens with two attached hydrogens (primary N) is 1. The third-order valence-electron chi connectivity index (χ3n) is 2.26. The van der Waals surface area contributed by atoms with E-state index >= 15 is 0 Å². The van der Waals surface area contributed by atoms with Gasteiger partial charge < -0.3 is 5.73 Å². The average molecular weight is 192 g/mol. The standard InChI is InChI=1S/C8H17NSi.ClH/c1-6-7(5-9)8(6)10(2,3)4;/h7H,5,9H2,1-4H3;1H. The monoisotopic (exact) mass is 191 g/mol. The third-order valence-corrected chi connectivity index (χ3v) is 4.62. The summed E-state index contributed by atoms with van der Waals surface area (Å²) in [4.78, 5) is 0. The zero-order valence-electron chi connectivity index (χ0n) is 7.77. The van der Waals surface area contributed by atoms with Gasteiger partial charge in [-0.15, -0.1) is 12.4 Å². The molecule has 1 atom stereocenters. The van der Waals surface area contributed by atoms with E-state index in [-0.39, 0.29) is 12.4 Å². The van der Waals surface area contributed by atoms with E-state index in [0.717, 1.165) is 6.54 Å². The first-order chi connectivity index (χ1) is 4.48. The maximum absolute atomic E-state index is 5.59. The molecule has 2 N–H and O–H groups in total. The fourth-order valence-corrected chi connectivity index (χ4v) is 4.47. The zero-order valence-corrected chi connectivity index (χ0v) is 9.59. The van der Waals surface area contributed by atoms with Crippen molar-refractivity contribution >= 4 is 20.5 Å². The van der Waals surface area contributed by atoms with Crippen LogP contribution in [-0.2, 0) is 0 Å². The molecule has 1 aliphatic carbocycles. The first kappa shape index (κ1) is 11.2. The number of hydrogen-bond acceptors (Lipinski definition) is 1. The molecule has 0 spiro atoms. The maximum Gasteiger partial charge on any atom is 0.0732 e. The summed E-state index contributed by atoms with van der Waals surface area (Å²) in [6.07, 6.45) is 0. The average Bonchev–Trinajstić information content (AvgIpc) is 2.39. The van der Waals surface area contributed by atoms with Gasteiger partial charge >= 0.3 is 0 Å². The molecule has 0 bridgehead atoms. The largest absolute Gasteiger partial charge is 0.330 e. The smallest absolute Gasteiger partial charge is 0.0732 e. The summed E-state index contributed by atoms with van der Waals surface area (Å²) in [5.41, 5.74) is 7.18. The predicted molar refractivity (Wildman–Crippen MR) is 55.8 cm³/mol. The highest BCUT2D eigenvalue weighted by atomic mass is 35.5. The Kier molecular flexibility index (Phi) is 3.36. The van der Waals surface area contributed by atoms with E-state index < -0.39 is 8.07 Å². The maximum atomic E-state index is 5.59. The van der Waals surface area contributed by atoms with E-state index in [1.54, 1.807) is 10.8 Å². The molecule has 0 heterocycles. The van der Waals surface area contributed by atoms with Crippen LogP contribution in [0.5, 0.6) is 0 Å². The molecule has 1 nitrogen and oxygen atoms in total. The van der Waals surface area contributed by atoms with E-state index in [2.05, 4.69) is 26.6 Å². The minimum absolute atomic E-state index is 0. The topological polar surface area (TPSA) is 26.0 Å². The van der Waals surface area contributed by atoms with Crippen LogP contribution in [-0.4, -0.2) is 14.6 Å². The normalized spacial score (nSPS) is 23.2. The van der Waals surface area contributed by atoms with E-state index in [4.69, 9.17) is 5.73 Å². The van der Waals surface area contributed by atoms with Crippen molar-refractivity contribution < 1.29 is 0 Å². The fourth-order valence-electron chi connectivity index (χ4n) is 1.80. The number of halogens is 1. The van der Waals surface area contributed by atoms with Gasteiger partial charge in [0.05, 0.1) is 8.07 Å². The Balaban J connectivity index is 0.000001000. The van der Waals surface area contributed by atoms with Gasteiger partial charge in [-0.3, -0.25) is 0 Å². The van der Waals surface area contributed by atoms with Gasteiger partial charge in [-0.25, -0.2) is 0 Å². The van der Waals surface area contributed by atoms with Crippen LogP contribution < -0.4 is 5.73 Å². The molecule has 11 heavy (non-hydrogen) atoms. The van der Waals surface area contributed by atoms with Gasteiger partial charge in [-0.05, 0) is 6.92 Å². The Morgan fingerprint density at radius 1 is 1.36 bits per heavy atom. The predicted octanol–water partition coefficient (Wildman–Crippen LogP) is 2.19. The molecule has 3 heteroatoms. The molecule has 0 radical (unpaired) electrons. The van der Waals surface area contributed by atoms with Crippen molar-refractivity contribution in [2.24, 2.45) is 11.7 Å². The molecule has 0 aromatic heterocycles. The molecule has 0 aromatic carbocycles. The van der Waals surface area contributed by atoms with Crippen molar-refractivity contribution in [1.82, 2.24) is 0 Å². The van der Waals surface area contributed by atoms with Crippen molar-refractivity contribution in [3.8, 4) is 0 Å². The highest BCUT2D eigenvalue weighted by molar-refractivity contribution is 6.84. The van der Waals surface area contributed by atoms with Gasteiger partial charge in [0.25, 0.3) is 0 Å². The summed E-state index contributed by atoms with van der Waals surface area (Å²) in [6.45, 7) is 10.2. The van der Waals surface area contributed by atoms with Crippen LogP contribution in [0.2, 0.25) is 19.6 Å². The van der Waals surface area contributed by atoms with Crippen LogP contribution in [0.1, 0.15) is 6.92 Å². The number of hydrogen-bond donors (Lipinski definition) is 1. The van der Waals surface area contributed by atoms with Crippen LogP contribution in [0.15, 0.2) is 10.8 Å². The van der Waals surface area contributed by atoms with E-state index in [1.807, 2.05) is 0 Å². The minimum atomic E-state index is -0.971. The molecule has 0 aromatic rings. The van der Waals surface area contributed by atoms with Crippen molar-refractivity contribution in [1.29, 1.82) is 0 Å². The molecule has 1 rings (SSSR count). The second kappa shape index (κ2) is 3.29. The minimum Gasteiger partial charge on any atom is -0.330 e. The lowest BCUT2D eigenvalue weighted by Gasteiger charge is -2.12. The van der Waals surface area contributed by atoms with Gasteiger partial charge in [0.2, 0.25) is 0 Å². The van der Waals surface area contributed by atoms with E-state index in [1.165, 1.54) is 0 Å². The van der Waals surface area contributed by atoms with Crippen molar-refractivity contribution in [2.75, 3.05) is 6.54 Å². The second-order valence-electron chi connectivity index (χ2n) is 4.13. The highest BCUT2D eigenvalue weighted by Gasteiger charge is 2.39. The van der Waals surface area contributed by atoms with Gasteiger partial charge in [0.1, 0.15) is 0 Å². The van der Waals surface area contributed by atoms with Crippen LogP contribution in [0.4, 0.5) is 0 Å². The zero-order chi connectivity index (χ0) is 7.94. The van der Waals surface area contributed by atoms with Gasteiger partial charge in [-0.1, -0.05) is 30.4 Å². The Morgan fingerprint density at radius 3 is 1.91 bits per heavy atom. The molecule has 0 amide bonds. The summed E-state index contributed by atoms with van der Waals surface area (Å²) < 4.78 is 0. The Bertz CT molecular complexity index is 181. The van der Waals surface area contributed by atoms with Crippen molar-refractivity contribution in [2.45, 2.75) is 26.6 Å². The summed E-state index contributed by atoms with van der Waals surface area (Å²) in [5, 5.41) is 1.72. The van der Waals surface area contributed by atoms with Crippen molar-refractivity contribution in [3.63, 3.8) is 0 Å². The first-order valence-corrected chi connectivity index (χ1v) is 7.39. The van der Waals surface area contributed by atoms with E-state index in [9.17, 15) is 0 Å². The molecule has 1 unspecified atom stereocenters. The summed E-state index contributed by atoms with van der Waals surface area (Å²) >= 11 is 0. The lowest BCUT2D eigenvalue weighted by Crippen LogP contribution is -2.22. The SMILES string of the molecule is CC1=C([Si](C)(C)C)C1CN.Cl. The van der Waals surface area contributed by atoms with Crippen LogP contribution in [0.3, 0.4) is 0 Å². The molecule has 0 saturated carbocycles. The summed E-state index contributed by atoms with van der Waals surface area (Å²) in [5.74, 6) is 0.701. The van der Waals surface area contributed by atoms with Crippen LogP contribution in [0, 0.1) is 5.92 Å². The van der Waals surface area contributed by atoms with Gasteiger partial charge in [-0.2, -0.15) is 0 Å². The highest BCUT2D eigenvalue weighted by Crippen LogP contribution is 2.43. The number of rotatable bonds is 2. The molecule has 66 valence electrons. The Morgan fingerprint density at radius 2 is 1.82 bits per heavy atom. The summed E-state index contributed by atoms with van der Waals surface area (Å²) in [7, 11) is -0.971. The van der Waals surface area contributed by atoms with E-state index in [0.29, 0.717) is 5.92 Å². The Hall–Kier alpha value is 0.207. The molecule has 0 fully saturated rings. The molecular formula is C8H18ClNSi. The Labute approximate surface area is 76.5 Å². The van der Waals surface area contributed by atoms with Gasteiger partial charge in [0, 0.05) is 12.5 Å². The fraction of sp³-hybridized carbons (Fsp3) is 0.750. The lowest BCUT2D eigenvalue weighted by atomic mass is 10.3. The third kappa shape index (κ3) is 2.07. The van der Waals surface area contributed by atoms with Gasteiger partial charge in [0.15, 0.2) is 0 Å². The lowest BCUT2D eigenvalue weighted by molar-refractivity contribution is 0.874. The second-order valence-corrected chi connectivity index (χ2v) is 9.17.